The monoisotopic (exact) mass is 248 g/mol. The van der Waals surface area contributed by atoms with Crippen molar-refractivity contribution in [3.05, 3.63) is 18.1 Å². The van der Waals surface area contributed by atoms with Gasteiger partial charge in [0.2, 0.25) is 0 Å². The van der Waals surface area contributed by atoms with Crippen LogP contribution < -0.4 is 5.73 Å². The molecule has 1 saturated carbocycles. The van der Waals surface area contributed by atoms with Gasteiger partial charge in [-0.25, -0.2) is 9.97 Å². The summed E-state index contributed by atoms with van der Waals surface area (Å²) in [5, 5.41) is 0. The van der Waals surface area contributed by atoms with Gasteiger partial charge in [0.15, 0.2) is 0 Å². The molecule has 1 aromatic heterocycles. The minimum absolute atomic E-state index is 0.556. The molecule has 1 aliphatic carbocycles. The van der Waals surface area contributed by atoms with E-state index in [9.17, 15) is 0 Å². The quantitative estimate of drug-likeness (QED) is 0.869. The van der Waals surface area contributed by atoms with E-state index in [0.29, 0.717) is 5.82 Å². The van der Waals surface area contributed by atoms with Crippen molar-refractivity contribution in [3.63, 3.8) is 0 Å². The smallest absolute Gasteiger partial charge is 0.144 e. The highest BCUT2D eigenvalue weighted by Crippen LogP contribution is 2.26. The number of hydrogen-bond donors (Lipinski definition) is 1. The second-order valence-electron chi connectivity index (χ2n) is 5.43. The van der Waals surface area contributed by atoms with Gasteiger partial charge >= 0.3 is 0 Å². The summed E-state index contributed by atoms with van der Waals surface area (Å²) >= 11 is 0. The summed E-state index contributed by atoms with van der Waals surface area (Å²) in [4.78, 5) is 10.8. The summed E-state index contributed by atoms with van der Waals surface area (Å²) < 4.78 is 0. The van der Waals surface area contributed by atoms with Crippen LogP contribution in [0.1, 0.15) is 44.3 Å². The van der Waals surface area contributed by atoms with E-state index in [1.54, 1.807) is 12.3 Å². The zero-order chi connectivity index (χ0) is 12.8. The Hall–Kier alpha value is -1.16. The molecule has 0 saturated heterocycles. The first-order valence-electron chi connectivity index (χ1n) is 7.00. The van der Waals surface area contributed by atoms with Crippen molar-refractivity contribution in [1.29, 1.82) is 0 Å². The van der Waals surface area contributed by atoms with Crippen molar-refractivity contribution in [2.45, 2.75) is 45.1 Å². The van der Waals surface area contributed by atoms with E-state index in [0.717, 1.165) is 24.8 Å². The molecule has 18 heavy (non-hydrogen) atoms. The molecule has 1 heterocycles. The molecule has 0 radical (unpaired) electrons. The van der Waals surface area contributed by atoms with Gasteiger partial charge in [-0.3, -0.25) is 4.90 Å². The molecule has 0 unspecified atom stereocenters. The van der Waals surface area contributed by atoms with Crippen LogP contribution in [0.25, 0.3) is 0 Å². The van der Waals surface area contributed by atoms with Gasteiger partial charge in [-0.15, -0.1) is 0 Å². The summed E-state index contributed by atoms with van der Waals surface area (Å²) in [7, 11) is 2.13. The van der Waals surface area contributed by atoms with Crippen molar-refractivity contribution in [1.82, 2.24) is 14.9 Å². The Morgan fingerprint density at radius 1 is 1.33 bits per heavy atom. The Kier molecular flexibility index (Phi) is 4.93. The second-order valence-corrected chi connectivity index (χ2v) is 5.43. The number of nitrogen functional groups attached to an aromatic ring is 1. The highest BCUT2D eigenvalue weighted by molar-refractivity contribution is 5.24. The Bertz CT molecular complexity index is 361. The SMILES string of the molecule is CN(CCC1CCCCC1)Cc1nccc(N)n1. The van der Waals surface area contributed by atoms with E-state index in [1.165, 1.54) is 38.5 Å². The fourth-order valence-corrected chi connectivity index (χ4v) is 2.69. The molecule has 0 spiro atoms. The zero-order valence-electron chi connectivity index (χ0n) is 11.3. The normalized spacial score (nSPS) is 17.2. The number of nitrogens with zero attached hydrogens (tertiary/aromatic N) is 3. The first-order chi connectivity index (χ1) is 8.74. The van der Waals surface area contributed by atoms with Crippen molar-refractivity contribution >= 4 is 5.82 Å². The minimum atomic E-state index is 0.556. The highest BCUT2D eigenvalue weighted by atomic mass is 15.1. The van der Waals surface area contributed by atoms with Crippen LogP contribution >= 0.6 is 0 Å². The topological polar surface area (TPSA) is 55.0 Å². The molecule has 0 amide bonds. The number of hydrogen-bond acceptors (Lipinski definition) is 4. The molecule has 1 fully saturated rings. The minimum Gasteiger partial charge on any atom is -0.384 e. The van der Waals surface area contributed by atoms with Crippen LogP contribution in [0.15, 0.2) is 12.3 Å². The maximum absolute atomic E-state index is 5.66. The lowest BCUT2D eigenvalue weighted by molar-refractivity contribution is 0.256. The Morgan fingerprint density at radius 3 is 2.83 bits per heavy atom. The van der Waals surface area contributed by atoms with Crippen LogP contribution in [0.2, 0.25) is 0 Å². The molecule has 1 aromatic rings. The second kappa shape index (κ2) is 6.69. The lowest BCUT2D eigenvalue weighted by Crippen LogP contribution is -2.23. The molecule has 2 rings (SSSR count). The van der Waals surface area contributed by atoms with Crippen molar-refractivity contribution in [2.24, 2.45) is 5.92 Å². The fourth-order valence-electron chi connectivity index (χ4n) is 2.69. The van der Waals surface area contributed by atoms with E-state index >= 15 is 0 Å². The molecule has 4 heteroatoms. The van der Waals surface area contributed by atoms with Crippen molar-refractivity contribution < 1.29 is 0 Å². The maximum Gasteiger partial charge on any atom is 0.144 e. The first-order valence-corrected chi connectivity index (χ1v) is 7.00. The summed E-state index contributed by atoms with van der Waals surface area (Å²) in [6.45, 7) is 1.92. The van der Waals surface area contributed by atoms with Gasteiger partial charge in [0.1, 0.15) is 11.6 Å². The van der Waals surface area contributed by atoms with Gasteiger partial charge in [0, 0.05) is 6.20 Å². The van der Waals surface area contributed by atoms with E-state index in [1.807, 2.05) is 0 Å². The molecule has 0 aromatic carbocycles. The molecule has 100 valence electrons. The third kappa shape index (κ3) is 4.26. The molecular weight excluding hydrogens is 224 g/mol. The summed E-state index contributed by atoms with van der Waals surface area (Å²) in [5.74, 6) is 2.31. The predicted molar refractivity (Wildman–Crippen MR) is 74.0 cm³/mol. The number of rotatable bonds is 5. The van der Waals surface area contributed by atoms with Crippen LogP contribution in [-0.2, 0) is 6.54 Å². The van der Waals surface area contributed by atoms with Crippen molar-refractivity contribution in [2.75, 3.05) is 19.3 Å². The van der Waals surface area contributed by atoms with Gasteiger partial charge in [0.25, 0.3) is 0 Å². The van der Waals surface area contributed by atoms with Crippen LogP contribution in [0.5, 0.6) is 0 Å². The number of nitrogens with two attached hydrogens (primary N) is 1. The third-order valence-electron chi connectivity index (χ3n) is 3.78. The average molecular weight is 248 g/mol. The van der Waals surface area contributed by atoms with Gasteiger partial charge in [0.05, 0.1) is 6.54 Å². The Balaban J connectivity index is 1.72. The lowest BCUT2D eigenvalue weighted by atomic mass is 9.87. The Labute approximate surface area is 110 Å². The first kappa shape index (κ1) is 13.3. The van der Waals surface area contributed by atoms with E-state index in [2.05, 4.69) is 21.9 Å². The highest BCUT2D eigenvalue weighted by Gasteiger charge is 2.14. The van der Waals surface area contributed by atoms with Gasteiger partial charge in [-0.2, -0.15) is 0 Å². The van der Waals surface area contributed by atoms with Crippen LogP contribution in [0.3, 0.4) is 0 Å². The molecule has 0 atom stereocenters. The fraction of sp³-hybridized carbons (Fsp3) is 0.714. The number of anilines is 1. The molecule has 2 N–H and O–H groups in total. The number of aromatic nitrogens is 2. The Morgan fingerprint density at radius 2 is 2.11 bits per heavy atom. The molecule has 1 aliphatic rings. The van der Waals surface area contributed by atoms with Crippen molar-refractivity contribution in [3.8, 4) is 0 Å². The maximum atomic E-state index is 5.66. The van der Waals surface area contributed by atoms with E-state index in [-0.39, 0.29) is 0 Å². The summed E-state index contributed by atoms with van der Waals surface area (Å²) in [5.41, 5.74) is 5.66. The van der Waals surface area contributed by atoms with Gasteiger partial charge in [-0.1, -0.05) is 32.1 Å². The largest absolute Gasteiger partial charge is 0.384 e. The lowest BCUT2D eigenvalue weighted by Gasteiger charge is -2.24. The summed E-state index contributed by atoms with van der Waals surface area (Å²) in [6.07, 6.45) is 10.2. The van der Waals surface area contributed by atoms with Crippen LogP contribution in [0, 0.1) is 5.92 Å². The molecule has 0 aliphatic heterocycles. The summed E-state index contributed by atoms with van der Waals surface area (Å²) in [6, 6.07) is 1.73. The zero-order valence-corrected chi connectivity index (χ0v) is 11.3. The third-order valence-corrected chi connectivity index (χ3v) is 3.78. The van der Waals surface area contributed by atoms with E-state index < -0.39 is 0 Å². The van der Waals surface area contributed by atoms with Gasteiger partial charge < -0.3 is 5.73 Å². The predicted octanol–water partition coefficient (Wildman–Crippen LogP) is 2.46. The molecular formula is C14H24N4. The van der Waals surface area contributed by atoms with Crippen LogP contribution in [-0.4, -0.2) is 28.5 Å². The van der Waals surface area contributed by atoms with Crippen LogP contribution in [0.4, 0.5) is 5.82 Å². The van der Waals surface area contributed by atoms with Gasteiger partial charge in [-0.05, 0) is 32.0 Å². The molecule has 4 nitrogen and oxygen atoms in total. The van der Waals surface area contributed by atoms with E-state index in [4.69, 9.17) is 5.73 Å². The molecule has 0 bridgehead atoms. The standard InChI is InChI=1S/C14H24N4/c1-18(10-8-12-5-3-2-4-6-12)11-14-16-9-7-13(15)17-14/h7,9,12H,2-6,8,10-11H2,1H3,(H2,15,16,17). The average Bonchev–Trinajstić information content (AvgIpc) is 2.38.